The molecule has 0 saturated heterocycles. The molecule has 198 valence electrons. The van der Waals surface area contributed by atoms with E-state index in [0.717, 1.165) is 16.9 Å². The maximum Gasteiger partial charge on any atom is 0.0630 e. The summed E-state index contributed by atoms with van der Waals surface area (Å²) in [4.78, 5) is 4.92. The second-order valence-corrected chi connectivity index (χ2v) is 11.4. The molecule has 0 radical (unpaired) electrons. The van der Waals surface area contributed by atoms with Gasteiger partial charge in [-0.2, -0.15) is 0 Å². The van der Waals surface area contributed by atoms with Gasteiger partial charge in [-0.15, -0.1) is 0 Å². The highest BCUT2D eigenvalue weighted by Crippen LogP contribution is 2.55. The number of hydrogen-bond donors (Lipinski definition) is 0. The molecule has 2 bridgehead atoms. The number of fused-ring (bicyclic) bond motifs is 7. The number of hydrogen-bond acceptors (Lipinski definition) is 2. The molecule has 42 heavy (non-hydrogen) atoms. The molecule has 0 amide bonds. The number of nitrogens with zero attached hydrogens (tertiary/aromatic N) is 2. The molecule has 0 aromatic heterocycles. The number of rotatable bonds is 2. The van der Waals surface area contributed by atoms with Gasteiger partial charge in [0, 0.05) is 39.9 Å². The average molecular weight is 537 g/mol. The van der Waals surface area contributed by atoms with Crippen LogP contribution in [-0.4, -0.2) is 6.04 Å². The fourth-order valence-corrected chi connectivity index (χ4v) is 7.49. The van der Waals surface area contributed by atoms with Crippen LogP contribution < -0.4 is 9.80 Å². The van der Waals surface area contributed by atoms with Gasteiger partial charge in [0.05, 0.1) is 23.1 Å². The molecule has 0 N–H and O–H groups in total. The first-order valence-corrected chi connectivity index (χ1v) is 14.6. The monoisotopic (exact) mass is 536 g/mol. The molecule has 2 nitrogen and oxygen atoms in total. The molecule has 5 aromatic rings. The van der Waals surface area contributed by atoms with Crippen molar-refractivity contribution in [1.82, 2.24) is 0 Å². The predicted molar refractivity (Wildman–Crippen MR) is 177 cm³/mol. The number of anilines is 3. The lowest BCUT2D eigenvalue weighted by atomic mass is 9.86. The summed E-state index contributed by atoms with van der Waals surface area (Å²) in [5, 5.41) is 2.47. The lowest BCUT2D eigenvalue weighted by Crippen LogP contribution is -2.32. The highest BCUT2D eigenvalue weighted by molar-refractivity contribution is 6.08. The topological polar surface area (TPSA) is 6.48 Å². The van der Waals surface area contributed by atoms with Crippen LogP contribution in [0.2, 0.25) is 0 Å². The van der Waals surface area contributed by atoms with E-state index in [4.69, 9.17) is 6.58 Å². The van der Waals surface area contributed by atoms with Gasteiger partial charge in [-0.25, -0.2) is 0 Å². The Labute approximate surface area is 246 Å². The number of para-hydroxylation sites is 1. The summed E-state index contributed by atoms with van der Waals surface area (Å²) < 4.78 is 0. The van der Waals surface area contributed by atoms with Crippen LogP contribution >= 0.6 is 0 Å². The summed E-state index contributed by atoms with van der Waals surface area (Å²) in [5.41, 5.74) is 13.3. The van der Waals surface area contributed by atoms with Crippen molar-refractivity contribution in [2.24, 2.45) is 5.92 Å². The summed E-state index contributed by atoms with van der Waals surface area (Å²) in [6.07, 6.45) is 13.7. The zero-order chi connectivity index (χ0) is 27.8. The highest BCUT2D eigenvalue weighted by atomic mass is 15.2. The quantitative estimate of drug-likeness (QED) is 0.221. The van der Waals surface area contributed by atoms with Crippen molar-refractivity contribution in [3.63, 3.8) is 0 Å². The molecule has 0 spiro atoms. The van der Waals surface area contributed by atoms with E-state index in [0.29, 0.717) is 0 Å². The Bertz CT molecular complexity index is 2070. The van der Waals surface area contributed by atoms with Crippen LogP contribution in [-0.2, 0) is 0 Å². The molecular weight excluding hydrogens is 508 g/mol. The van der Waals surface area contributed by atoms with Gasteiger partial charge in [0.15, 0.2) is 0 Å². The Hall–Kier alpha value is -5.34. The second-order valence-electron chi connectivity index (χ2n) is 11.4. The molecule has 9 rings (SSSR count). The molecule has 5 aromatic carbocycles. The van der Waals surface area contributed by atoms with E-state index < -0.39 is 0 Å². The minimum absolute atomic E-state index is 0.220. The summed E-state index contributed by atoms with van der Waals surface area (Å²) in [6, 6.07) is 39.8. The van der Waals surface area contributed by atoms with Crippen molar-refractivity contribution in [3.8, 4) is 22.3 Å². The maximum absolute atomic E-state index is 4.83. The highest BCUT2D eigenvalue weighted by Gasteiger charge is 2.43. The average Bonchev–Trinajstić information content (AvgIpc) is 3.32. The standard InChI is InChI=1S/C40H28N2/c1-26-39-33-18-11-21-38(39)41(35-23-22-28(27-12-3-2-4-13-27)29-14-5-6-15-30(29)35)25-24-34-32-17-8-10-20-37(32)42(40(26)34)36-19-9-7-16-31(33)36/h2-25,32,37H,1H2/b25-24-. The van der Waals surface area contributed by atoms with Crippen molar-refractivity contribution in [1.29, 1.82) is 0 Å². The van der Waals surface area contributed by atoms with E-state index in [1.807, 2.05) is 0 Å². The van der Waals surface area contributed by atoms with Gasteiger partial charge in [0.25, 0.3) is 0 Å². The molecule has 3 heterocycles. The molecule has 2 heteroatoms. The predicted octanol–water partition coefficient (Wildman–Crippen LogP) is 10.1. The normalized spacial score (nSPS) is 20.2. The van der Waals surface area contributed by atoms with Crippen LogP contribution in [0.15, 0.2) is 164 Å². The van der Waals surface area contributed by atoms with Crippen LogP contribution in [0.1, 0.15) is 5.56 Å². The van der Waals surface area contributed by atoms with Gasteiger partial charge < -0.3 is 9.80 Å². The lowest BCUT2D eigenvalue weighted by molar-refractivity contribution is 0.686. The molecule has 3 aliphatic heterocycles. The Morgan fingerprint density at radius 3 is 2.21 bits per heavy atom. The van der Waals surface area contributed by atoms with Crippen LogP contribution in [0.4, 0.5) is 17.1 Å². The smallest absolute Gasteiger partial charge is 0.0630 e. The van der Waals surface area contributed by atoms with Crippen LogP contribution in [0.5, 0.6) is 0 Å². The minimum atomic E-state index is 0.220. The molecular formula is C40H28N2. The van der Waals surface area contributed by atoms with Crippen molar-refractivity contribution in [3.05, 3.63) is 169 Å². The van der Waals surface area contributed by atoms with Crippen molar-refractivity contribution < 1.29 is 0 Å². The maximum atomic E-state index is 4.83. The van der Waals surface area contributed by atoms with Gasteiger partial charge in [0.2, 0.25) is 0 Å². The first-order valence-electron chi connectivity index (χ1n) is 14.6. The van der Waals surface area contributed by atoms with Gasteiger partial charge in [-0.1, -0.05) is 122 Å². The number of benzene rings is 5. The third-order valence-electron chi connectivity index (χ3n) is 9.27. The fourth-order valence-electron chi connectivity index (χ4n) is 7.49. The SMILES string of the molecule is C=C1C2=C3/C=C\N(c4ccc(-c5ccccc5)c5ccccc45)c4cccc(c41)-c1ccccc1N2C1C=CC=CC31. The van der Waals surface area contributed by atoms with E-state index in [1.54, 1.807) is 0 Å². The van der Waals surface area contributed by atoms with Crippen LogP contribution in [0.25, 0.3) is 38.6 Å². The van der Waals surface area contributed by atoms with Crippen LogP contribution in [0.3, 0.4) is 0 Å². The minimum Gasteiger partial charge on any atom is -0.332 e. The Morgan fingerprint density at radius 2 is 1.31 bits per heavy atom. The van der Waals surface area contributed by atoms with Crippen molar-refractivity contribution in [2.75, 3.05) is 9.80 Å². The summed E-state index contributed by atoms with van der Waals surface area (Å²) in [7, 11) is 0. The summed E-state index contributed by atoms with van der Waals surface area (Å²) >= 11 is 0. The van der Waals surface area contributed by atoms with Gasteiger partial charge in [-0.05, 0) is 51.9 Å². The van der Waals surface area contributed by atoms with Gasteiger partial charge in [0.1, 0.15) is 0 Å². The van der Waals surface area contributed by atoms with Gasteiger partial charge in [-0.3, -0.25) is 0 Å². The zero-order valence-electron chi connectivity index (χ0n) is 23.1. The van der Waals surface area contributed by atoms with E-state index in [-0.39, 0.29) is 12.0 Å². The third kappa shape index (κ3) is 3.15. The third-order valence-corrected chi connectivity index (χ3v) is 9.27. The Morgan fingerprint density at radius 1 is 0.571 bits per heavy atom. The largest absolute Gasteiger partial charge is 0.332 e. The Balaban J connectivity index is 1.35. The van der Waals surface area contributed by atoms with Crippen molar-refractivity contribution >= 4 is 33.4 Å². The van der Waals surface area contributed by atoms with Crippen LogP contribution in [0, 0.1) is 5.92 Å². The summed E-state index contributed by atoms with van der Waals surface area (Å²) in [6.45, 7) is 4.83. The lowest BCUT2D eigenvalue weighted by Gasteiger charge is -2.31. The fraction of sp³-hybridized carbons (Fsp3) is 0.0500. The molecule has 0 fully saturated rings. The van der Waals surface area contributed by atoms with Gasteiger partial charge >= 0.3 is 0 Å². The second kappa shape index (κ2) is 8.83. The Kier molecular flexibility index (Phi) is 4.91. The number of allylic oxidation sites excluding steroid dienone is 4. The molecule has 0 saturated carbocycles. The zero-order valence-corrected chi connectivity index (χ0v) is 23.1. The van der Waals surface area contributed by atoms with E-state index in [2.05, 4.69) is 156 Å². The van der Waals surface area contributed by atoms with E-state index in [9.17, 15) is 0 Å². The van der Waals surface area contributed by atoms with E-state index >= 15 is 0 Å². The molecule has 1 aliphatic carbocycles. The first kappa shape index (κ1) is 23.4. The molecule has 2 unspecified atom stereocenters. The van der Waals surface area contributed by atoms with E-state index in [1.165, 1.54) is 55.5 Å². The summed E-state index contributed by atoms with van der Waals surface area (Å²) in [5.74, 6) is 0.261. The molecule has 2 atom stereocenters. The molecule has 4 aliphatic rings. The first-order chi connectivity index (χ1) is 20.8. The van der Waals surface area contributed by atoms with Crippen molar-refractivity contribution in [2.45, 2.75) is 6.04 Å².